The van der Waals surface area contributed by atoms with Crippen molar-refractivity contribution in [1.29, 1.82) is 0 Å². The molecule has 20 heavy (non-hydrogen) atoms. The largest absolute Gasteiger partial charge is 0.342 e. The molecule has 1 fully saturated rings. The smallest absolute Gasteiger partial charge is 0.230 e. The van der Waals surface area contributed by atoms with Crippen molar-refractivity contribution >= 4 is 16.9 Å². The van der Waals surface area contributed by atoms with Crippen LogP contribution in [-0.4, -0.2) is 33.9 Å². The Labute approximate surface area is 119 Å². The number of aromatic amines is 1. The van der Waals surface area contributed by atoms with Gasteiger partial charge in [0.15, 0.2) is 0 Å². The van der Waals surface area contributed by atoms with E-state index in [9.17, 15) is 4.79 Å². The van der Waals surface area contributed by atoms with E-state index in [2.05, 4.69) is 16.9 Å². The minimum Gasteiger partial charge on any atom is -0.342 e. The van der Waals surface area contributed by atoms with Gasteiger partial charge in [0.2, 0.25) is 5.91 Å². The van der Waals surface area contributed by atoms with Gasteiger partial charge in [-0.1, -0.05) is 19.1 Å². The summed E-state index contributed by atoms with van der Waals surface area (Å²) in [7, 11) is 0. The van der Waals surface area contributed by atoms with E-state index in [-0.39, 0.29) is 5.91 Å². The molecule has 0 radical (unpaired) electrons. The monoisotopic (exact) mass is 271 g/mol. The lowest BCUT2D eigenvalue weighted by atomic mass is 10.0. The standard InChI is InChI=1S/C16H21N3O/c1-12-5-4-9-19(10-8-12)16(20)11-15-17-13-6-2-3-7-14(13)18-15/h2-3,6-7,12H,4-5,8-11H2,1H3,(H,17,18)/t12-/m1/s1. The Morgan fingerprint density at radius 2 is 2.20 bits per heavy atom. The number of rotatable bonds is 2. The van der Waals surface area contributed by atoms with Crippen molar-refractivity contribution in [3.8, 4) is 0 Å². The van der Waals surface area contributed by atoms with Gasteiger partial charge in [-0.3, -0.25) is 4.79 Å². The van der Waals surface area contributed by atoms with Crippen LogP contribution in [0.3, 0.4) is 0 Å². The summed E-state index contributed by atoms with van der Waals surface area (Å²) in [6, 6.07) is 7.89. The molecule has 4 nitrogen and oxygen atoms in total. The van der Waals surface area contributed by atoms with Crippen molar-refractivity contribution in [3.63, 3.8) is 0 Å². The maximum atomic E-state index is 12.4. The molecule has 1 saturated heterocycles. The zero-order valence-corrected chi connectivity index (χ0v) is 11.9. The SMILES string of the molecule is C[C@@H]1CCCN(C(=O)Cc2nc3ccccc3[nH]2)CC1. The van der Waals surface area contributed by atoms with Gasteiger partial charge in [0, 0.05) is 13.1 Å². The Bertz CT molecular complexity index is 572. The maximum absolute atomic E-state index is 12.4. The van der Waals surface area contributed by atoms with Gasteiger partial charge in [-0.2, -0.15) is 0 Å². The molecule has 0 aliphatic carbocycles. The molecule has 0 spiro atoms. The number of para-hydroxylation sites is 2. The average molecular weight is 271 g/mol. The van der Waals surface area contributed by atoms with E-state index in [1.165, 1.54) is 6.42 Å². The van der Waals surface area contributed by atoms with E-state index in [4.69, 9.17) is 0 Å². The van der Waals surface area contributed by atoms with E-state index in [0.29, 0.717) is 6.42 Å². The van der Waals surface area contributed by atoms with Crippen molar-refractivity contribution in [2.45, 2.75) is 32.6 Å². The Morgan fingerprint density at radius 3 is 3.05 bits per heavy atom. The van der Waals surface area contributed by atoms with Gasteiger partial charge in [-0.05, 0) is 37.3 Å². The lowest BCUT2D eigenvalue weighted by molar-refractivity contribution is -0.130. The van der Waals surface area contributed by atoms with Crippen LogP contribution < -0.4 is 0 Å². The molecule has 106 valence electrons. The van der Waals surface area contributed by atoms with Gasteiger partial charge in [0.05, 0.1) is 17.5 Å². The van der Waals surface area contributed by atoms with Crippen molar-refractivity contribution < 1.29 is 4.79 Å². The molecule has 1 aliphatic rings. The van der Waals surface area contributed by atoms with Crippen LogP contribution in [0.2, 0.25) is 0 Å². The first-order valence-corrected chi connectivity index (χ1v) is 7.44. The molecule has 0 saturated carbocycles. The quantitative estimate of drug-likeness (QED) is 0.913. The summed E-state index contributed by atoms with van der Waals surface area (Å²) in [5.41, 5.74) is 1.93. The van der Waals surface area contributed by atoms with E-state index < -0.39 is 0 Å². The Morgan fingerprint density at radius 1 is 1.35 bits per heavy atom. The number of nitrogens with one attached hydrogen (secondary N) is 1. The number of likely N-dealkylation sites (tertiary alicyclic amines) is 1. The van der Waals surface area contributed by atoms with Crippen molar-refractivity contribution in [2.75, 3.05) is 13.1 Å². The molecule has 0 unspecified atom stereocenters. The predicted octanol–water partition coefficient (Wildman–Crippen LogP) is 2.75. The second kappa shape index (κ2) is 5.65. The molecular formula is C16H21N3O. The van der Waals surface area contributed by atoms with E-state index in [0.717, 1.165) is 48.7 Å². The molecule has 1 amide bonds. The number of nitrogens with zero attached hydrogens (tertiary/aromatic N) is 2. The molecule has 1 aromatic heterocycles. The molecule has 1 aromatic carbocycles. The number of hydrogen-bond acceptors (Lipinski definition) is 2. The average Bonchev–Trinajstić information content (AvgIpc) is 2.71. The zero-order chi connectivity index (χ0) is 13.9. The van der Waals surface area contributed by atoms with Gasteiger partial charge in [-0.25, -0.2) is 4.98 Å². The number of H-pyrrole nitrogens is 1. The van der Waals surface area contributed by atoms with Gasteiger partial charge in [0.25, 0.3) is 0 Å². The number of fused-ring (bicyclic) bond motifs is 1. The number of imidazole rings is 1. The highest BCUT2D eigenvalue weighted by Crippen LogP contribution is 2.17. The summed E-state index contributed by atoms with van der Waals surface area (Å²) < 4.78 is 0. The lowest BCUT2D eigenvalue weighted by Gasteiger charge is -2.19. The van der Waals surface area contributed by atoms with Gasteiger partial charge >= 0.3 is 0 Å². The van der Waals surface area contributed by atoms with Crippen LogP contribution in [0, 0.1) is 5.92 Å². The highest BCUT2D eigenvalue weighted by atomic mass is 16.2. The van der Waals surface area contributed by atoms with Crippen LogP contribution in [0.4, 0.5) is 0 Å². The van der Waals surface area contributed by atoms with Crippen molar-refractivity contribution in [3.05, 3.63) is 30.1 Å². The van der Waals surface area contributed by atoms with Gasteiger partial charge in [-0.15, -0.1) is 0 Å². The van der Waals surface area contributed by atoms with Crippen LogP contribution in [-0.2, 0) is 11.2 Å². The van der Waals surface area contributed by atoms with Crippen LogP contribution in [0.5, 0.6) is 0 Å². The highest BCUT2D eigenvalue weighted by Gasteiger charge is 2.19. The second-order valence-electron chi connectivity index (χ2n) is 5.79. The summed E-state index contributed by atoms with van der Waals surface area (Å²) in [6.07, 6.45) is 3.84. The summed E-state index contributed by atoms with van der Waals surface area (Å²) in [4.78, 5) is 22.1. The number of benzene rings is 1. The molecule has 1 atom stereocenters. The minimum atomic E-state index is 0.193. The molecule has 3 rings (SSSR count). The zero-order valence-electron chi connectivity index (χ0n) is 11.9. The van der Waals surface area contributed by atoms with Crippen LogP contribution >= 0.6 is 0 Å². The normalized spacial score (nSPS) is 20.1. The topological polar surface area (TPSA) is 49.0 Å². The van der Waals surface area contributed by atoms with E-state index in [1.807, 2.05) is 29.2 Å². The maximum Gasteiger partial charge on any atom is 0.230 e. The molecular weight excluding hydrogens is 250 g/mol. The molecule has 0 bridgehead atoms. The third kappa shape index (κ3) is 2.84. The third-order valence-electron chi connectivity index (χ3n) is 4.13. The Hall–Kier alpha value is -1.84. The van der Waals surface area contributed by atoms with Crippen molar-refractivity contribution in [2.24, 2.45) is 5.92 Å². The fraction of sp³-hybridized carbons (Fsp3) is 0.500. The van der Waals surface area contributed by atoms with Crippen LogP contribution in [0.15, 0.2) is 24.3 Å². The molecule has 1 N–H and O–H groups in total. The number of carbonyl (C=O) groups is 1. The summed E-state index contributed by atoms with van der Waals surface area (Å²) >= 11 is 0. The number of amides is 1. The molecule has 2 aromatic rings. The third-order valence-corrected chi connectivity index (χ3v) is 4.13. The Balaban J connectivity index is 1.68. The van der Waals surface area contributed by atoms with Crippen LogP contribution in [0.1, 0.15) is 32.0 Å². The molecule has 4 heteroatoms. The number of carbonyl (C=O) groups excluding carboxylic acids is 1. The summed E-state index contributed by atoms with van der Waals surface area (Å²) in [5.74, 6) is 1.70. The van der Waals surface area contributed by atoms with Gasteiger partial charge < -0.3 is 9.88 Å². The summed E-state index contributed by atoms with van der Waals surface area (Å²) in [6.45, 7) is 4.05. The molecule has 1 aliphatic heterocycles. The fourth-order valence-electron chi connectivity index (χ4n) is 2.86. The molecule has 2 heterocycles. The van der Waals surface area contributed by atoms with Crippen LogP contribution in [0.25, 0.3) is 11.0 Å². The summed E-state index contributed by atoms with van der Waals surface area (Å²) in [5, 5.41) is 0. The van der Waals surface area contributed by atoms with Gasteiger partial charge in [0.1, 0.15) is 5.82 Å². The lowest BCUT2D eigenvalue weighted by Crippen LogP contribution is -2.33. The second-order valence-corrected chi connectivity index (χ2v) is 5.79. The first-order valence-electron chi connectivity index (χ1n) is 7.44. The first-order chi connectivity index (χ1) is 9.72. The van der Waals surface area contributed by atoms with Crippen molar-refractivity contribution in [1.82, 2.24) is 14.9 Å². The number of hydrogen-bond donors (Lipinski definition) is 1. The highest BCUT2D eigenvalue weighted by molar-refractivity contribution is 5.80. The predicted molar refractivity (Wildman–Crippen MR) is 79.4 cm³/mol. The first kappa shape index (κ1) is 13.2. The van der Waals surface area contributed by atoms with E-state index >= 15 is 0 Å². The van der Waals surface area contributed by atoms with E-state index in [1.54, 1.807) is 0 Å². The fourth-order valence-corrected chi connectivity index (χ4v) is 2.86. The minimum absolute atomic E-state index is 0.193. The number of aromatic nitrogens is 2. The Kier molecular flexibility index (Phi) is 3.72.